The molecule has 2 rings (SSSR count). The number of halogens is 2. The molecule has 0 aromatic rings. The van der Waals surface area contributed by atoms with E-state index in [0.29, 0.717) is 0 Å². The van der Waals surface area contributed by atoms with Crippen LogP contribution in [0, 0.1) is 0 Å². The van der Waals surface area contributed by atoms with Gasteiger partial charge in [0.05, 0.1) is 0 Å². The Morgan fingerprint density at radius 1 is 0.667 bits per heavy atom. The maximum absolute atomic E-state index is 4.49. The molecule has 0 fully saturated rings. The van der Waals surface area contributed by atoms with Crippen molar-refractivity contribution < 1.29 is 0 Å². The SMILES string of the molecule is C(CCCNC1=NCCCCN1)CCNC1=NCCCCN1.I.I. The van der Waals surface area contributed by atoms with Gasteiger partial charge in [-0.15, -0.1) is 48.0 Å². The van der Waals surface area contributed by atoms with Crippen LogP contribution in [0.15, 0.2) is 9.98 Å². The Morgan fingerprint density at radius 3 is 1.58 bits per heavy atom. The topological polar surface area (TPSA) is 72.8 Å². The molecule has 2 aliphatic rings. The minimum absolute atomic E-state index is 0. The van der Waals surface area contributed by atoms with Crippen LogP contribution in [0.25, 0.3) is 0 Å². The maximum atomic E-state index is 4.49. The Morgan fingerprint density at radius 2 is 1.12 bits per heavy atom. The molecule has 0 aliphatic carbocycles. The van der Waals surface area contributed by atoms with Gasteiger partial charge in [0.15, 0.2) is 11.9 Å². The van der Waals surface area contributed by atoms with Crippen molar-refractivity contribution in [2.24, 2.45) is 9.98 Å². The van der Waals surface area contributed by atoms with E-state index in [1.807, 2.05) is 0 Å². The van der Waals surface area contributed by atoms with Gasteiger partial charge in [-0.1, -0.05) is 12.8 Å². The number of rotatable bonds is 7. The van der Waals surface area contributed by atoms with Crippen LogP contribution in [0.3, 0.4) is 0 Å². The lowest BCUT2D eigenvalue weighted by atomic mass is 10.2. The summed E-state index contributed by atoms with van der Waals surface area (Å²) in [5.41, 5.74) is 0. The zero-order chi connectivity index (χ0) is 15.3. The number of nitrogens with one attached hydrogen (secondary N) is 4. The zero-order valence-corrected chi connectivity index (χ0v) is 19.3. The molecule has 0 bridgehead atoms. The van der Waals surface area contributed by atoms with Crippen molar-refractivity contribution in [3.63, 3.8) is 0 Å². The number of guanidine groups is 2. The van der Waals surface area contributed by atoms with E-state index in [9.17, 15) is 0 Å². The molecule has 0 radical (unpaired) electrons. The van der Waals surface area contributed by atoms with E-state index < -0.39 is 0 Å². The van der Waals surface area contributed by atoms with Crippen LogP contribution in [-0.2, 0) is 0 Å². The molecule has 0 aromatic heterocycles. The Labute approximate surface area is 180 Å². The standard InChI is InChI=1S/C16H32N6.2HI/c1(3-9-17-15-19-11-5-6-12-20-15)2-4-10-18-16-21-13-7-8-14-22-16;;/h1-14H2,(H2,17,19,20)(H2,18,21,22);2*1H. The first kappa shape index (κ1) is 24.0. The van der Waals surface area contributed by atoms with Crippen LogP contribution in [0.4, 0.5) is 0 Å². The highest BCUT2D eigenvalue weighted by atomic mass is 127. The number of unbranched alkanes of at least 4 members (excludes halogenated alkanes) is 3. The summed E-state index contributed by atoms with van der Waals surface area (Å²) in [6.45, 7) is 6.06. The monoisotopic (exact) mass is 564 g/mol. The van der Waals surface area contributed by atoms with Gasteiger partial charge in [-0.05, 0) is 38.5 Å². The Bertz CT molecular complexity index is 328. The van der Waals surface area contributed by atoms with E-state index in [0.717, 1.165) is 51.2 Å². The first-order valence-corrected chi connectivity index (χ1v) is 8.99. The lowest BCUT2D eigenvalue weighted by Crippen LogP contribution is -2.37. The van der Waals surface area contributed by atoms with Crippen molar-refractivity contribution in [2.45, 2.75) is 51.4 Å². The van der Waals surface area contributed by atoms with Crippen molar-refractivity contribution in [1.29, 1.82) is 0 Å². The second-order valence-corrected chi connectivity index (χ2v) is 6.00. The Balaban J connectivity index is 0.00000264. The summed E-state index contributed by atoms with van der Waals surface area (Å²) in [5, 5.41) is 13.5. The summed E-state index contributed by atoms with van der Waals surface area (Å²) < 4.78 is 0. The molecule has 0 spiro atoms. The third-order valence-electron chi connectivity index (χ3n) is 3.98. The fourth-order valence-corrected chi connectivity index (χ4v) is 2.63. The van der Waals surface area contributed by atoms with Gasteiger partial charge >= 0.3 is 0 Å². The summed E-state index contributed by atoms with van der Waals surface area (Å²) in [5.74, 6) is 1.99. The summed E-state index contributed by atoms with van der Waals surface area (Å²) in [6, 6.07) is 0. The molecule has 4 N–H and O–H groups in total. The molecule has 0 unspecified atom stereocenters. The van der Waals surface area contributed by atoms with Gasteiger partial charge in [0.2, 0.25) is 0 Å². The van der Waals surface area contributed by atoms with Crippen LogP contribution in [0.5, 0.6) is 0 Å². The van der Waals surface area contributed by atoms with Crippen molar-refractivity contribution >= 4 is 59.9 Å². The first-order chi connectivity index (χ1) is 10.9. The molecule has 0 atom stereocenters. The lowest BCUT2D eigenvalue weighted by Gasteiger charge is -2.11. The Kier molecular flexibility index (Phi) is 16.5. The quantitative estimate of drug-likeness (QED) is 0.284. The van der Waals surface area contributed by atoms with Gasteiger partial charge in [0, 0.05) is 39.3 Å². The predicted molar refractivity (Wildman–Crippen MR) is 124 cm³/mol. The molecule has 2 heterocycles. The molecule has 0 aromatic carbocycles. The first-order valence-electron chi connectivity index (χ1n) is 8.99. The van der Waals surface area contributed by atoms with Crippen molar-refractivity contribution in [3.8, 4) is 0 Å². The molecule has 8 heteroatoms. The summed E-state index contributed by atoms with van der Waals surface area (Å²) in [4.78, 5) is 8.99. The van der Waals surface area contributed by atoms with Gasteiger partial charge in [-0.3, -0.25) is 9.98 Å². The van der Waals surface area contributed by atoms with E-state index in [2.05, 4.69) is 31.3 Å². The normalized spacial score (nSPS) is 17.3. The highest BCUT2D eigenvalue weighted by Crippen LogP contribution is 1.99. The van der Waals surface area contributed by atoms with Crippen LogP contribution in [0.1, 0.15) is 51.4 Å². The highest BCUT2D eigenvalue weighted by molar-refractivity contribution is 14.0. The fourth-order valence-electron chi connectivity index (χ4n) is 2.63. The Hall–Kier alpha value is 0. The van der Waals surface area contributed by atoms with Crippen LogP contribution in [0.2, 0.25) is 0 Å². The summed E-state index contributed by atoms with van der Waals surface area (Å²) in [7, 11) is 0. The van der Waals surface area contributed by atoms with Gasteiger partial charge < -0.3 is 21.3 Å². The third-order valence-corrected chi connectivity index (χ3v) is 3.98. The summed E-state index contributed by atoms with van der Waals surface area (Å²) >= 11 is 0. The minimum atomic E-state index is 0. The number of hydrogen-bond acceptors (Lipinski definition) is 6. The third kappa shape index (κ3) is 11.5. The molecule has 142 valence electrons. The van der Waals surface area contributed by atoms with E-state index in [1.54, 1.807) is 0 Å². The molecule has 2 aliphatic heterocycles. The van der Waals surface area contributed by atoms with Crippen molar-refractivity contribution in [2.75, 3.05) is 39.3 Å². The molecule has 0 amide bonds. The van der Waals surface area contributed by atoms with E-state index in [1.165, 1.54) is 51.4 Å². The highest BCUT2D eigenvalue weighted by Gasteiger charge is 2.02. The summed E-state index contributed by atoms with van der Waals surface area (Å²) in [6.07, 6.45) is 9.80. The number of aliphatic imine (C=N–C) groups is 2. The van der Waals surface area contributed by atoms with Gasteiger partial charge in [0.25, 0.3) is 0 Å². The van der Waals surface area contributed by atoms with Gasteiger partial charge in [0.1, 0.15) is 0 Å². The second-order valence-electron chi connectivity index (χ2n) is 6.00. The smallest absolute Gasteiger partial charge is 0.191 e. The second kappa shape index (κ2) is 16.5. The van der Waals surface area contributed by atoms with Crippen LogP contribution >= 0.6 is 48.0 Å². The van der Waals surface area contributed by atoms with Gasteiger partial charge in [-0.2, -0.15) is 0 Å². The molecule has 6 nitrogen and oxygen atoms in total. The largest absolute Gasteiger partial charge is 0.356 e. The minimum Gasteiger partial charge on any atom is -0.356 e. The molecular formula is C16H34I2N6. The number of nitrogens with zero attached hydrogens (tertiary/aromatic N) is 2. The fraction of sp³-hybridized carbons (Fsp3) is 0.875. The van der Waals surface area contributed by atoms with E-state index in [-0.39, 0.29) is 48.0 Å². The molecule has 0 saturated carbocycles. The van der Waals surface area contributed by atoms with Gasteiger partial charge in [-0.25, -0.2) is 0 Å². The average molecular weight is 564 g/mol. The van der Waals surface area contributed by atoms with Crippen molar-refractivity contribution in [1.82, 2.24) is 21.3 Å². The lowest BCUT2D eigenvalue weighted by molar-refractivity contribution is 0.616. The number of hydrogen-bond donors (Lipinski definition) is 4. The predicted octanol–water partition coefficient (Wildman–Crippen LogP) is 2.44. The molecular weight excluding hydrogens is 530 g/mol. The van der Waals surface area contributed by atoms with Crippen molar-refractivity contribution in [3.05, 3.63) is 0 Å². The van der Waals surface area contributed by atoms with Crippen LogP contribution < -0.4 is 21.3 Å². The molecule has 24 heavy (non-hydrogen) atoms. The van der Waals surface area contributed by atoms with E-state index in [4.69, 9.17) is 0 Å². The van der Waals surface area contributed by atoms with Crippen LogP contribution in [-0.4, -0.2) is 51.2 Å². The maximum Gasteiger partial charge on any atom is 0.191 e. The zero-order valence-electron chi connectivity index (χ0n) is 14.6. The van der Waals surface area contributed by atoms with E-state index >= 15 is 0 Å². The molecule has 0 saturated heterocycles. The average Bonchev–Trinajstić information content (AvgIpc) is 2.94.